The summed E-state index contributed by atoms with van der Waals surface area (Å²) in [6, 6.07) is 16.0. The van der Waals surface area contributed by atoms with Gasteiger partial charge >= 0.3 is 0 Å². The third-order valence-electron chi connectivity index (χ3n) is 6.65. The molecule has 1 saturated heterocycles. The van der Waals surface area contributed by atoms with Crippen molar-refractivity contribution in [1.82, 2.24) is 10.2 Å². The maximum Gasteiger partial charge on any atom is 0.253 e. The molecule has 2 fully saturated rings. The van der Waals surface area contributed by atoms with Crippen molar-refractivity contribution in [2.75, 3.05) is 18.4 Å². The quantitative estimate of drug-likeness (QED) is 0.564. The Morgan fingerprint density at radius 2 is 1.59 bits per heavy atom. The number of nitrogens with zero attached hydrogens (tertiary/aromatic N) is 1. The van der Waals surface area contributed by atoms with Gasteiger partial charge in [0.05, 0.1) is 11.3 Å². The fraction of sp³-hybridized carbons (Fsp3) is 0.462. The van der Waals surface area contributed by atoms with Crippen LogP contribution in [-0.4, -0.2) is 35.8 Å². The molecule has 4 rings (SSSR count). The number of hydrogen-bond donors (Lipinski definition) is 2. The zero-order chi connectivity index (χ0) is 22.3. The SMILES string of the molecule is O=C(NC1CCCCC1)c1ccccc1NC(=O)C1CCN(Cc2ccc(Br)cc2)CC1. The van der Waals surface area contributed by atoms with Gasteiger partial charge in [0.1, 0.15) is 0 Å². The molecule has 5 nitrogen and oxygen atoms in total. The second-order valence-electron chi connectivity index (χ2n) is 9.02. The van der Waals surface area contributed by atoms with E-state index in [2.05, 4.69) is 55.7 Å². The van der Waals surface area contributed by atoms with E-state index in [4.69, 9.17) is 0 Å². The minimum atomic E-state index is -0.0860. The molecule has 2 amide bonds. The Morgan fingerprint density at radius 1 is 0.906 bits per heavy atom. The first-order valence-electron chi connectivity index (χ1n) is 11.8. The van der Waals surface area contributed by atoms with Gasteiger partial charge in [0, 0.05) is 23.0 Å². The summed E-state index contributed by atoms with van der Waals surface area (Å²) in [4.78, 5) is 28.2. The van der Waals surface area contributed by atoms with Crippen LogP contribution in [0.15, 0.2) is 53.0 Å². The third kappa shape index (κ3) is 6.20. The number of hydrogen-bond acceptors (Lipinski definition) is 3. The van der Waals surface area contributed by atoms with E-state index in [9.17, 15) is 9.59 Å². The van der Waals surface area contributed by atoms with E-state index in [1.807, 2.05) is 18.2 Å². The summed E-state index contributed by atoms with van der Waals surface area (Å²) in [6.07, 6.45) is 7.34. The van der Waals surface area contributed by atoms with E-state index in [1.165, 1.54) is 24.8 Å². The van der Waals surface area contributed by atoms with Crippen molar-refractivity contribution in [3.05, 3.63) is 64.1 Å². The highest BCUT2D eigenvalue weighted by molar-refractivity contribution is 9.10. The maximum absolute atomic E-state index is 13.0. The zero-order valence-electron chi connectivity index (χ0n) is 18.5. The minimum absolute atomic E-state index is 0.0196. The Hall–Kier alpha value is -2.18. The largest absolute Gasteiger partial charge is 0.349 e. The van der Waals surface area contributed by atoms with Gasteiger partial charge in [-0.1, -0.05) is 59.5 Å². The molecule has 32 heavy (non-hydrogen) atoms. The van der Waals surface area contributed by atoms with Crippen LogP contribution in [0.3, 0.4) is 0 Å². The van der Waals surface area contributed by atoms with Crippen molar-refractivity contribution < 1.29 is 9.59 Å². The predicted octanol–water partition coefficient (Wildman–Crippen LogP) is 5.36. The summed E-state index contributed by atoms with van der Waals surface area (Å²) in [5.74, 6) is -0.0889. The van der Waals surface area contributed by atoms with Crippen LogP contribution in [0.4, 0.5) is 5.69 Å². The lowest BCUT2D eigenvalue weighted by atomic mass is 9.94. The highest BCUT2D eigenvalue weighted by Gasteiger charge is 2.26. The van der Waals surface area contributed by atoms with Gasteiger partial charge in [0.25, 0.3) is 5.91 Å². The molecule has 0 aromatic heterocycles. The molecule has 1 heterocycles. The number of amides is 2. The van der Waals surface area contributed by atoms with Gasteiger partial charge in [0.15, 0.2) is 0 Å². The Morgan fingerprint density at radius 3 is 2.31 bits per heavy atom. The summed E-state index contributed by atoms with van der Waals surface area (Å²) in [5, 5.41) is 6.21. The molecule has 0 unspecified atom stereocenters. The van der Waals surface area contributed by atoms with Gasteiger partial charge in [0.2, 0.25) is 5.91 Å². The number of carbonyl (C=O) groups is 2. The molecule has 2 N–H and O–H groups in total. The van der Waals surface area contributed by atoms with Crippen molar-refractivity contribution in [3.63, 3.8) is 0 Å². The molecular formula is C26H32BrN3O2. The fourth-order valence-corrected chi connectivity index (χ4v) is 5.00. The van der Waals surface area contributed by atoms with Gasteiger partial charge in [-0.2, -0.15) is 0 Å². The van der Waals surface area contributed by atoms with Crippen LogP contribution < -0.4 is 10.6 Å². The topological polar surface area (TPSA) is 61.4 Å². The molecule has 2 aliphatic rings. The van der Waals surface area contributed by atoms with Crippen LogP contribution >= 0.6 is 15.9 Å². The number of para-hydroxylation sites is 1. The van der Waals surface area contributed by atoms with Crippen molar-refractivity contribution >= 4 is 33.4 Å². The minimum Gasteiger partial charge on any atom is -0.349 e. The smallest absolute Gasteiger partial charge is 0.253 e. The number of benzene rings is 2. The highest BCUT2D eigenvalue weighted by Crippen LogP contribution is 2.24. The molecule has 0 atom stereocenters. The van der Waals surface area contributed by atoms with Crippen LogP contribution in [0.25, 0.3) is 0 Å². The Kier molecular flexibility index (Phi) is 7.98. The average Bonchev–Trinajstić information content (AvgIpc) is 2.82. The Balaban J connectivity index is 1.30. The summed E-state index contributed by atoms with van der Waals surface area (Å²) in [6.45, 7) is 2.71. The van der Waals surface area contributed by atoms with E-state index in [1.54, 1.807) is 6.07 Å². The Bertz CT molecular complexity index is 917. The number of likely N-dealkylation sites (tertiary alicyclic amines) is 1. The van der Waals surface area contributed by atoms with Gasteiger partial charge in [-0.05, 0) is 68.6 Å². The average molecular weight is 498 g/mol. The van der Waals surface area contributed by atoms with Crippen LogP contribution in [0.2, 0.25) is 0 Å². The zero-order valence-corrected chi connectivity index (χ0v) is 20.1. The predicted molar refractivity (Wildman–Crippen MR) is 132 cm³/mol. The molecule has 1 aliphatic heterocycles. The van der Waals surface area contributed by atoms with Crippen LogP contribution in [0, 0.1) is 5.92 Å². The number of carbonyl (C=O) groups excluding carboxylic acids is 2. The number of halogens is 1. The number of nitrogens with one attached hydrogen (secondary N) is 2. The van der Waals surface area contributed by atoms with Gasteiger partial charge in [-0.15, -0.1) is 0 Å². The first kappa shape index (κ1) is 23.0. The normalized spacial score (nSPS) is 18.3. The maximum atomic E-state index is 13.0. The second kappa shape index (κ2) is 11.1. The second-order valence-corrected chi connectivity index (χ2v) is 9.94. The number of anilines is 1. The third-order valence-corrected chi connectivity index (χ3v) is 7.18. The molecule has 6 heteroatoms. The summed E-state index contributed by atoms with van der Waals surface area (Å²) < 4.78 is 1.09. The lowest BCUT2D eigenvalue weighted by Crippen LogP contribution is -2.38. The van der Waals surface area contributed by atoms with Crippen molar-refractivity contribution in [2.24, 2.45) is 5.92 Å². The van der Waals surface area contributed by atoms with Gasteiger partial charge < -0.3 is 10.6 Å². The van der Waals surface area contributed by atoms with E-state index in [0.29, 0.717) is 11.3 Å². The number of piperidine rings is 1. The molecule has 170 valence electrons. The van der Waals surface area contributed by atoms with E-state index in [-0.39, 0.29) is 23.8 Å². The summed E-state index contributed by atoms with van der Waals surface area (Å²) >= 11 is 3.48. The molecule has 2 aromatic carbocycles. The first-order valence-corrected chi connectivity index (χ1v) is 12.6. The molecule has 1 saturated carbocycles. The van der Waals surface area contributed by atoms with Crippen molar-refractivity contribution in [2.45, 2.75) is 57.5 Å². The highest BCUT2D eigenvalue weighted by atomic mass is 79.9. The molecule has 0 spiro atoms. The molecule has 0 radical (unpaired) electrons. The van der Waals surface area contributed by atoms with E-state index < -0.39 is 0 Å². The van der Waals surface area contributed by atoms with Crippen LogP contribution in [0.1, 0.15) is 60.9 Å². The molecule has 1 aliphatic carbocycles. The number of rotatable bonds is 6. The fourth-order valence-electron chi connectivity index (χ4n) is 4.74. The summed E-state index contributed by atoms with van der Waals surface area (Å²) in [5.41, 5.74) is 2.45. The molecule has 0 bridgehead atoms. The van der Waals surface area contributed by atoms with Crippen LogP contribution in [-0.2, 0) is 11.3 Å². The van der Waals surface area contributed by atoms with Crippen molar-refractivity contribution in [3.8, 4) is 0 Å². The van der Waals surface area contributed by atoms with Gasteiger partial charge in [-0.25, -0.2) is 0 Å². The molecule has 2 aromatic rings. The van der Waals surface area contributed by atoms with Crippen molar-refractivity contribution in [1.29, 1.82) is 0 Å². The monoisotopic (exact) mass is 497 g/mol. The standard InChI is InChI=1S/C26H32BrN3O2/c27-21-12-10-19(11-13-21)18-30-16-14-20(15-17-30)25(31)29-24-9-5-4-8-23(24)26(32)28-22-6-2-1-3-7-22/h4-5,8-13,20,22H,1-3,6-7,14-18H2,(H,28,32)(H,29,31). The van der Waals surface area contributed by atoms with E-state index >= 15 is 0 Å². The lowest BCUT2D eigenvalue weighted by molar-refractivity contribution is -0.121. The van der Waals surface area contributed by atoms with Gasteiger partial charge in [-0.3, -0.25) is 14.5 Å². The summed E-state index contributed by atoms with van der Waals surface area (Å²) in [7, 11) is 0. The Labute approximate surface area is 199 Å². The first-order chi connectivity index (χ1) is 15.6. The van der Waals surface area contributed by atoms with E-state index in [0.717, 1.165) is 49.8 Å². The van der Waals surface area contributed by atoms with Crippen LogP contribution in [0.5, 0.6) is 0 Å². The lowest BCUT2D eigenvalue weighted by Gasteiger charge is -2.31. The molecular weight excluding hydrogens is 466 g/mol.